The van der Waals surface area contributed by atoms with Gasteiger partial charge in [-0.3, -0.25) is 9.58 Å². The van der Waals surface area contributed by atoms with E-state index in [-0.39, 0.29) is 6.03 Å². The first kappa shape index (κ1) is 17.0. The van der Waals surface area contributed by atoms with Gasteiger partial charge in [0.1, 0.15) is 0 Å². The van der Waals surface area contributed by atoms with Crippen molar-refractivity contribution in [2.75, 3.05) is 19.6 Å². The molecule has 0 aromatic carbocycles. The molecule has 24 heavy (non-hydrogen) atoms. The summed E-state index contributed by atoms with van der Waals surface area (Å²) in [6.07, 6.45) is 5.71. The van der Waals surface area contributed by atoms with Crippen LogP contribution in [0, 0.1) is 0 Å². The number of aromatic nitrogens is 2. The van der Waals surface area contributed by atoms with Gasteiger partial charge in [0.15, 0.2) is 0 Å². The van der Waals surface area contributed by atoms with Gasteiger partial charge in [-0.15, -0.1) is 11.3 Å². The summed E-state index contributed by atoms with van der Waals surface area (Å²) in [4.78, 5) is 15.9. The number of hydrogen-bond donors (Lipinski definition) is 2. The second-order valence-electron chi connectivity index (χ2n) is 6.35. The van der Waals surface area contributed by atoms with Crippen molar-refractivity contribution in [2.24, 2.45) is 7.05 Å². The smallest absolute Gasteiger partial charge is 0.314 e. The van der Waals surface area contributed by atoms with Crippen LogP contribution in [0.5, 0.6) is 0 Å². The Hall–Kier alpha value is -1.86. The fourth-order valence-corrected chi connectivity index (χ4v) is 3.89. The van der Waals surface area contributed by atoms with Crippen molar-refractivity contribution in [3.63, 3.8) is 0 Å². The Balaban J connectivity index is 1.35. The largest absolute Gasteiger partial charge is 0.338 e. The molecule has 0 bridgehead atoms. The molecule has 0 spiro atoms. The van der Waals surface area contributed by atoms with Gasteiger partial charge in [0.2, 0.25) is 0 Å². The number of nitrogens with one attached hydrogen (secondary N) is 2. The third-order valence-corrected chi connectivity index (χ3v) is 5.50. The highest BCUT2D eigenvalue weighted by Gasteiger charge is 2.21. The number of carbonyl (C=O) groups excluding carboxylic acids is 1. The maximum absolute atomic E-state index is 11.9. The number of nitrogens with zero attached hydrogens (tertiary/aromatic N) is 3. The molecular weight excluding hydrogens is 322 g/mol. The first-order valence-corrected chi connectivity index (χ1v) is 9.28. The summed E-state index contributed by atoms with van der Waals surface area (Å²) in [6, 6.07) is 2.46. The molecule has 2 aromatic rings. The third-order valence-electron chi connectivity index (χ3n) is 4.48. The molecule has 2 aromatic heterocycles. The number of urea groups is 1. The SMILES string of the molecule is C[C@H](CNC(=O)NCCc1cnn(C)c1)N1CCc2sccc2C1. The van der Waals surface area contributed by atoms with E-state index < -0.39 is 0 Å². The molecule has 2 amide bonds. The lowest BCUT2D eigenvalue weighted by atomic mass is 10.1. The number of thiophene rings is 1. The molecular formula is C17H25N5OS. The van der Waals surface area contributed by atoms with Crippen molar-refractivity contribution in [2.45, 2.75) is 32.4 Å². The third kappa shape index (κ3) is 4.36. The van der Waals surface area contributed by atoms with Crippen LogP contribution in [0.4, 0.5) is 4.79 Å². The maximum Gasteiger partial charge on any atom is 0.314 e. The van der Waals surface area contributed by atoms with Gasteiger partial charge in [-0.05, 0) is 42.3 Å². The van der Waals surface area contributed by atoms with E-state index in [2.05, 4.69) is 39.0 Å². The normalized spacial score (nSPS) is 15.8. The number of aryl methyl sites for hydroxylation is 1. The molecule has 3 rings (SSSR count). The lowest BCUT2D eigenvalue weighted by Crippen LogP contribution is -2.46. The Bertz CT molecular complexity index is 680. The lowest BCUT2D eigenvalue weighted by molar-refractivity contribution is 0.186. The van der Waals surface area contributed by atoms with Gasteiger partial charge in [-0.2, -0.15) is 5.10 Å². The number of rotatable bonds is 6. The zero-order valence-corrected chi connectivity index (χ0v) is 15.1. The van der Waals surface area contributed by atoms with Crippen LogP contribution in [-0.4, -0.2) is 46.4 Å². The molecule has 1 aliphatic heterocycles. The van der Waals surface area contributed by atoms with E-state index in [1.165, 1.54) is 10.4 Å². The van der Waals surface area contributed by atoms with Crippen molar-refractivity contribution in [3.05, 3.63) is 39.8 Å². The number of hydrogen-bond acceptors (Lipinski definition) is 4. The number of fused-ring (bicyclic) bond motifs is 1. The first-order chi connectivity index (χ1) is 11.6. The van der Waals surface area contributed by atoms with Crippen LogP contribution in [0.3, 0.4) is 0 Å². The molecule has 0 saturated heterocycles. The molecule has 7 heteroatoms. The van der Waals surface area contributed by atoms with E-state index in [0.29, 0.717) is 19.1 Å². The summed E-state index contributed by atoms with van der Waals surface area (Å²) >= 11 is 1.85. The van der Waals surface area contributed by atoms with Gasteiger partial charge < -0.3 is 10.6 Å². The van der Waals surface area contributed by atoms with Gasteiger partial charge in [-0.1, -0.05) is 0 Å². The molecule has 0 fully saturated rings. The topological polar surface area (TPSA) is 62.2 Å². The van der Waals surface area contributed by atoms with Crippen molar-refractivity contribution < 1.29 is 4.79 Å². The highest BCUT2D eigenvalue weighted by Crippen LogP contribution is 2.24. The zero-order chi connectivity index (χ0) is 16.9. The molecule has 130 valence electrons. The average molecular weight is 347 g/mol. The molecule has 0 unspecified atom stereocenters. The minimum Gasteiger partial charge on any atom is -0.338 e. The maximum atomic E-state index is 11.9. The van der Waals surface area contributed by atoms with Gasteiger partial charge in [0.25, 0.3) is 0 Å². The van der Waals surface area contributed by atoms with Crippen LogP contribution in [0.1, 0.15) is 22.9 Å². The van der Waals surface area contributed by atoms with Crippen LogP contribution in [-0.2, 0) is 26.4 Å². The van der Waals surface area contributed by atoms with Gasteiger partial charge >= 0.3 is 6.03 Å². The van der Waals surface area contributed by atoms with E-state index in [0.717, 1.165) is 31.5 Å². The van der Waals surface area contributed by atoms with Crippen molar-refractivity contribution in [1.82, 2.24) is 25.3 Å². The average Bonchev–Trinajstić information content (AvgIpc) is 3.20. The van der Waals surface area contributed by atoms with Crippen LogP contribution in [0.2, 0.25) is 0 Å². The number of carbonyl (C=O) groups is 1. The number of amides is 2. The van der Waals surface area contributed by atoms with E-state index >= 15 is 0 Å². The summed E-state index contributed by atoms with van der Waals surface area (Å²) in [7, 11) is 1.89. The summed E-state index contributed by atoms with van der Waals surface area (Å²) in [6.45, 7) is 5.52. The molecule has 1 aliphatic rings. The van der Waals surface area contributed by atoms with Crippen molar-refractivity contribution in [3.8, 4) is 0 Å². The highest BCUT2D eigenvalue weighted by molar-refractivity contribution is 7.10. The van der Waals surface area contributed by atoms with E-state index in [9.17, 15) is 4.79 Å². The molecule has 0 aliphatic carbocycles. The summed E-state index contributed by atoms with van der Waals surface area (Å²) < 4.78 is 1.77. The van der Waals surface area contributed by atoms with Crippen molar-refractivity contribution >= 4 is 17.4 Å². The molecule has 0 saturated carbocycles. The fourth-order valence-electron chi connectivity index (χ4n) is 3.00. The molecule has 1 atom stereocenters. The predicted octanol–water partition coefficient (Wildman–Crippen LogP) is 1.77. The summed E-state index contributed by atoms with van der Waals surface area (Å²) in [5.74, 6) is 0. The Kier molecular flexibility index (Phi) is 5.52. The van der Waals surface area contributed by atoms with Gasteiger partial charge in [-0.25, -0.2) is 4.79 Å². The second kappa shape index (κ2) is 7.81. The minimum absolute atomic E-state index is 0.0982. The molecule has 6 nitrogen and oxygen atoms in total. The van der Waals surface area contributed by atoms with Crippen LogP contribution < -0.4 is 10.6 Å². The summed E-state index contributed by atoms with van der Waals surface area (Å²) in [5, 5.41) is 12.2. The minimum atomic E-state index is -0.0982. The van der Waals surface area contributed by atoms with Crippen molar-refractivity contribution in [1.29, 1.82) is 0 Å². The Morgan fingerprint density at radius 2 is 2.33 bits per heavy atom. The molecule has 2 N–H and O–H groups in total. The highest BCUT2D eigenvalue weighted by atomic mass is 32.1. The molecule has 3 heterocycles. The van der Waals surface area contributed by atoms with Crippen LogP contribution in [0.15, 0.2) is 23.8 Å². The lowest BCUT2D eigenvalue weighted by Gasteiger charge is -2.32. The standard InChI is InChI=1S/C17H25N5OS/c1-13(22-7-4-16-15(12-22)5-8-24-16)9-19-17(23)18-6-3-14-10-20-21(2)11-14/h5,8,10-11,13H,3-4,6-7,9,12H2,1-2H3,(H2,18,19,23)/t13-/m1/s1. The van der Waals surface area contributed by atoms with Gasteiger partial charge in [0, 0.05) is 50.3 Å². The van der Waals surface area contributed by atoms with Crippen LogP contribution >= 0.6 is 11.3 Å². The fraction of sp³-hybridized carbons (Fsp3) is 0.529. The first-order valence-electron chi connectivity index (χ1n) is 8.40. The Morgan fingerprint density at radius 1 is 1.46 bits per heavy atom. The van der Waals surface area contributed by atoms with E-state index in [4.69, 9.17) is 0 Å². The monoisotopic (exact) mass is 347 g/mol. The molecule has 0 radical (unpaired) electrons. The van der Waals surface area contributed by atoms with E-state index in [1.54, 1.807) is 4.68 Å². The zero-order valence-electron chi connectivity index (χ0n) is 14.3. The Labute approximate surface area is 146 Å². The van der Waals surface area contributed by atoms with Crippen LogP contribution in [0.25, 0.3) is 0 Å². The van der Waals surface area contributed by atoms with E-state index in [1.807, 2.05) is 30.8 Å². The predicted molar refractivity (Wildman–Crippen MR) is 96.2 cm³/mol. The second-order valence-corrected chi connectivity index (χ2v) is 7.35. The van der Waals surface area contributed by atoms with Gasteiger partial charge in [0.05, 0.1) is 6.20 Å². The quantitative estimate of drug-likeness (QED) is 0.837. The Morgan fingerprint density at radius 3 is 3.12 bits per heavy atom. The summed E-state index contributed by atoms with van der Waals surface area (Å²) in [5.41, 5.74) is 2.57.